The molecule has 0 atom stereocenters. The number of nitro groups is 1. The minimum Gasteiger partial charge on any atom is -0.291 e. The summed E-state index contributed by atoms with van der Waals surface area (Å²) in [6.45, 7) is 4.18. The summed E-state index contributed by atoms with van der Waals surface area (Å²) in [5.41, 5.74) is 7.04. The van der Waals surface area contributed by atoms with Crippen molar-refractivity contribution in [1.82, 2.24) is 10.4 Å². The van der Waals surface area contributed by atoms with E-state index >= 15 is 0 Å². The van der Waals surface area contributed by atoms with Gasteiger partial charge in [0.2, 0.25) is 0 Å². The van der Waals surface area contributed by atoms with Crippen LogP contribution in [0, 0.1) is 10.1 Å². The Kier molecular flexibility index (Phi) is 3.52. The maximum absolute atomic E-state index is 13.6. The number of fused-ring (bicyclic) bond motifs is 2. The van der Waals surface area contributed by atoms with E-state index in [1.165, 1.54) is 17.1 Å². The topological polar surface area (TPSA) is 88.4 Å². The number of amides is 1. The van der Waals surface area contributed by atoms with Crippen LogP contribution in [0.2, 0.25) is 0 Å². The van der Waals surface area contributed by atoms with Gasteiger partial charge in [0.05, 0.1) is 33.1 Å². The van der Waals surface area contributed by atoms with Crippen molar-refractivity contribution in [2.24, 2.45) is 0 Å². The molecule has 7 heteroatoms. The number of carbonyl (C=O) groups is 1. The van der Waals surface area contributed by atoms with Crippen LogP contribution in [0.3, 0.4) is 0 Å². The number of carbonyl (C=O) groups excluding carboxylic acids is 1. The number of rotatable bonds is 2. The molecule has 0 spiro atoms. The monoisotopic (exact) mass is 386 g/mol. The first-order chi connectivity index (χ1) is 13.9. The zero-order chi connectivity index (χ0) is 20.3. The third-order valence-corrected chi connectivity index (χ3v) is 5.57. The Morgan fingerprint density at radius 3 is 2.62 bits per heavy atom. The van der Waals surface area contributed by atoms with Crippen LogP contribution in [0.25, 0.3) is 16.6 Å². The zero-order valence-electron chi connectivity index (χ0n) is 16.0. The number of anilines is 1. The van der Waals surface area contributed by atoms with Gasteiger partial charge in [-0.25, -0.2) is 5.01 Å². The van der Waals surface area contributed by atoms with Crippen LogP contribution in [0.5, 0.6) is 0 Å². The van der Waals surface area contributed by atoms with Crippen molar-refractivity contribution in [2.45, 2.75) is 25.7 Å². The molecule has 5 rings (SSSR count). The summed E-state index contributed by atoms with van der Waals surface area (Å²) >= 11 is 0. The molecule has 0 saturated heterocycles. The van der Waals surface area contributed by atoms with E-state index in [0.29, 0.717) is 22.2 Å². The molecule has 1 amide bonds. The van der Waals surface area contributed by atoms with Crippen molar-refractivity contribution in [1.29, 1.82) is 0 Å². The number of hydrogen-bond acceptors (Lipinski definition) is 5. The Morgan fingerprint density at radius 1 is 1.14 bits per heavy atom. The number of non-ortho nitro benzene ring substituents is 1. The SMILES string of the molecule is CC1(C)CC=C2NN(c3ccccc3)C(=O)c3c2c1nc1ccc([N+](=O)[O-])cc31. The summed E-state index contributed by atoms with van der Waals surface area (Å²) in [7, 11) is 0. The highest BCUT2D eigenvalue weighted by molar-refractivity contribution is 6.19. The van der Waals surface area contributed by atoms with E-state index in [1.807, 2.05) is 30.3 Å². The number of benzene rings is 2. The van der Waals surface area contributed by atoms with Crippen molar-refractivity contribution in [2.75, 3.05) is 5.01 Å². The highest BCUT2D eigenvalue weighted by Crippen LogP contribution is 2.43. The van der Waals surface area contributed by atoms with Crippen LogP contribution in [0.15, 0.2) is 54.6 Å². The van der Waals surface area contributed by atoms with Crippen LogP contribution < -0.4 is 10.4 Å². The largest absolute Gasteiger partial charge is 0.291 e. The number of aromatic nitrogens is 1. The number of nitro benzene ring substituents is 1. The van der Waals surface area contributed by atoms with Gasteiger partial charge in [-0.05, 0) is 24.6 Å². The van der Waals surface area contributed by atoms with Crippen LogP contribution in [0.4, 0.5) is 11.4 Å². The highest BCUT2D eigenvalue weighted by atomic mass is 16.6. The molecule has 0 fully saturated rings. The molecule has 2 heterocycles. The van der Waals surface area contributed by atoms with E-state index in [9.17, 15) is 14.9 Å². The summed E-state index contributed by atoms with van der Waals surface area (Å²) in [6.07, 6.45) is 2.84. The van der Waals surface area contributed by atoms with E-state index < -0.39 is 4.92 Å². The van der Waals surface area contributed by atoms with Crippen molar-refractivity contribution in [3.63, 3.8) is 0 Å². The number of allylic oxidation sites excluding steroid dienone is 1. The fourth-order valence-corrected chi connectivity index (χ4v) is 4.04. The average molecular weight is 386 g/mol. The number of hydrazine groups is 1. The summed E-state index contributed by atoms with van der Waals surface area (Å²) in [4.78, 5) is 29.3. The number of nitrogens with one attached hydrogen (secondary N) is 1. The molecule has 2 aliphatic rings. The van der Waals surface area contributed by atoms with Gasteiger partial charge < -0.3 is 0 Å². The van der Waals surface area contributed by atoms with Crippen LogP contribution in [0.1, 0.15) is 41.9 Å². The fourth-order valence-electron chi connectivity index (χ4n) is 4.04. The van der Waals surface area contributed by atoms with Gasteiger partial charge in [-0.1, -0.05) is 38.1 Å². The molecule has 2 aromatic carbocycles. The molecule has 1 N–H and O–H groups in total. The number of nitrogens with zero attached hydrogens (tertiary/aromatic N) is 3. The molecule has 144 valence electrons. The summed E-state index contributed by atoms with van der Waals surface area (Å²) in [6, 6.07) is 13.8. The molecule has 1 aromatic heterocycles. The van der Waals surface area contributed by atoms with Crippen molar-refractivity contribution in [3.8, 4) is 0 Å². The summed E-state index contributed by atoms with van der Waals surface area (Å²) in [5.74, 6) is -0.254. The molecule has 29 heavy (non-hydrogen) atoms. The zero-order valence-corrected chi connectivity index (χ0v) is 16.0. The Hall–Kier alpha value is -3.74. The minimum atomic E-state index is -0.452. The Labute approximate surface area is 166 Å². The predicted octanol–water partition coefficient (Wildman–Crippen LogP) is 4.33. The molecule has 0 radical (unpaired) electrons. The van der Waals surface area contributed by atoms with E-state index in [4.69, 9.17) is 4.98 Å². The molecule has 3 aromatic rings. The Balaban J connectivity index is 1.85. The molecule has 1 aliphatic carbocycles. The van der Waals surface area contributed by atoms with Crippen molar-refractivity contribution >= 4 is 33.9 Å². The lowest BCUT2D eigenvalue weighted by atomic mass is 9.75. The Morgan fingerprint density at radius 2 is 1.90 bits per heavy atom. The summed E-state index contributed by atoms with van der Waals surface area (Å²) in [5, 5.41) is 13.3. The smallest absolute Gasteiger partial charge is 0.278 e. The van der Waals surface area contributed by atoms with E-state index in [1.54, 1.807) is 6.07 Å². The predicted molar refractivity (Wildman–Crippen MR) is 110 cm³/mol. The summed E-state index contributed by atoms with van der Waals surface area (Å²) < 4.78 is 0. The van der Waals surface area contributed by atoms with E-state index in [-0.39, 0.29) is 17.0 Å². The highest BCUT2D eigenvalue weighted by Gasteiger charge is 2.39. The number of para-hydroxylation sites is 1. The molecule has 0 saturated carbocycles. The van der Waals surface area contributed by atoms with Gasteiger partial charge in [-0.2, -0.15) is 0 Å². The third-order valence-electron chi connectivity index (χ3n) is 5.57. The van der Waals surface area contributed by atoms with Crippen molar-refractivity contribution < 1.29 is 9.72 Å². The van der Waals surface area contributed by atoms with Gasteiger partial charge in [0, 0.05) is 28.5 Å². The van der Waals surface area contributed by atoms with Gasteiger partial charge in [0.1, 0.15) is 0 Å². The van der Waals surface area contributed by atoms with Gasteiger partial charge in [-0.3, -0.25) is 25.3 Å². The second-order valence-electron chi connectivity index (χ2n) is 7.96. The second-order valence-corrected chi connectivity index (χ2v) is 7.96. The Bertz CT molecular complexity index is 1230. The third kappa shape index (κ3) is 2.51. The molecule has 0 bridgehead atoms. The first kappa shape index (κ1) is 17.4. The van der Waals surface area contributed by atoms with E-state index in [2.05, 4.69) is 25.3 Å². The van der Waals surface area contributed by atoms with Gasteiger partial charge >= 0.3 is 0 Å². The molecule has 1 aliphatic heterocycles. The minimum absolute atomic E-state index is 0.0614. The lowest BCUT2D eigenvalue weighted by Crippen LogP contribution is -2.48. The van der Waals surface area contributed by atoms with Gasteiger partial charge in [0.25, 0.3) is 11.6 Å². The molecule has 0 unspecified atom stereocenters. The first-order valence-electron chi connectivity index (χ1n) is 9.36. The maximum atomic E-state index is 13.6. The molecular formula is C22H18N4O3. The molecule has 7 nitrogen and oxygen atoms in total. The average Bonchev–Trinajstić information content (AvgIpc) is 2.71. The quantitative estimate of drug-likeness (QED) is 0.523. The fraction of sp³-hybridized carbons (Fsp3) is 0.182. The second kappa shape index (κ2) is 5.88. The van der Waals surface area contributed by atoms with Crippen LogP contribution in [-0.4, -0.2) is 15.8 Å². The van der Waals surface area contributed by atoms with E-state index in [0.717, 1.165) is 23.4 Å². The maximum Gasteiger partial charge on any atom is 0.278 e. The standard InChI is InChI=1S/C22H18N4O3/c1-22(2)11-10-17-19-18(21(27)25(24-17)13-6-4-3-5-7-13)15-12-14(26(28)29)8-9-16(15)23-20(19)22/h3-10,12,24H,11H2,1-2H3. The number of pyridine rings is 1. The molecular weight excluding hydrogens is 368 g/mol. The van der Waals surface area contributed by atoms with Gasteiger partial charge in [0.15, 0.2) is 0 Å². The number of hydrogen-bond donors (Lipinski definition) is 1. The lowest BCUT2D eigenvalue weighted by molar-refractivity contribution is -0.384. The van der Waals surface area contributed by atoms with Crippen molar-refractivity contribution in [3.05, 3.63) is 81.5 Å². The van der Waals surface area contributed by atoms with Crippen LogP contribution >= 0.6 is 0 Å². The van der Waals surface area contributed by atoms with Crippen LogP contribution in [-0.2, 0) is 5.41 Å². The van der Waals surface area contributed by atoms with Gasteiger partial charge in [-0.15, -0.1) is 0 Å². The first-order valence-corrected chi connectivity index (χ1v) is 9.36. The normalized spacial score (nSPS) is 16.8. The lowest BCUT2D eigenvalue weighted by Gasteiger charge is -2.39.